The number of rotatable bonds is 7. The molecular weight excluding hydrogens is 330 g/mol. The van der Waals surface area contributed by atoms with Gasteiger partial charge in [0.05, 0.1) is 12.4 Å². The highest BCUT2D eigenvalue weighted by atomic mass is 16.4. The molecule has 0 aromatic rings. The number of nitrogens with one attached hydrogen (secondary N) is 1. The van der Waals surface area contributed by atoms with E-state index in [2.05, 4.69) is 10.4 Å². The van der Waals surface area contributed by atoms with Gasteiger partial charge in [-0.05, 0) is 20.3 Å². The number of hydrogen-bond donors (Lipinski definition) is 4. The molecular formula is C15H27N5O5. The number of hydrogen-bond acceptors (Lipinski definition) is 6. The summed E-state index contributed by atoms with van der Waals surface area (Å²) in [5.74, 6) is 2.87. The summed E-state index contributed by atoms with van der Waals surface area (Å²) in [6, 6.07) is -1.02. The first kappa shape index (κ1) is 20.8. The Morgan fingerprint density at radius 1 is 1.32 bits per heavy atom. The van der Waals surface area contributed by atoms with Crippen molar-refractivity contribution in [2.75, 3.05) is 19.6 Å². The van der Waals surface area contributed by atoms with Gasteiger partial charge in [-0.3, -0.25) is 14.7 Å². The van der Waals surface area contributed by atoms with Crippen LogP contribution in [0.5, 0.6) is 0 Å². The van der Waals surface area contributed by atoms with Gasteiger partial charge < -0.3 is 20.5 Å². The predicted octanol–water partition coefficient (Wildman–Crippen LogP) is -0.617. The van der Waals surface area contributed by atoms with Crippen molar-refractivity contribution in [2.45, 2.75) is 45.3 Å². The maximum atomic E-state index is 12.5. The zero-order valence-corrected chi connectivity index (χ0v) is 14.8. The van der Waals surface area contributed by atoms with E-state index in [9.17, 15) is 24.6 Å². The van der Waals surface area contributed by atoms with Gasteiger partial charge in [0, 0.05) is 38.9 Å². The number of nitrogens with zero attached hydrogens (tertiary/aromatic N) is 3. The Labute approximate surface area is 146 Å². The first-order chi connectivity index (χ1) is 11.7. The van der Waals surface area contributed by atoms with E-state index >= 15 is 0 Å². The molecule has 3 atom stereocenters. The van der Waals surface area contributed by atoms with E-state index in [1.807, 2.05) is 0 Å². The lowest BCUT2D eigenvalue weighted by Gasteiger charge is -2.30. The standard InChI is InChI=1S/C15H27N5O5/c1-4-19(5-2)14(24)20(10(3)21)8-11-6-15(25,13(22)23)7-12(11)17-9-18-16/h9,11-12,25H,4-8,16H2,1-3H3,(H,17,18)(H,22,23)/t11-,12+,15+/m1/s1. The van der Waals surface area contributed by atoms with E-state index in [4.69, 9.17) is 5.84 Å². The summed E-state index contributed by atoms with van der Waals surface area (Å²) in [6.45, 7) is 5.76. The average molecular weight is 357 g/mol. The van der Waals surface area contributed by atoms with Gasteiger partial charge in [0.15, 0.2) is 5.60 Å². The quantitative estimate of drug-likeness (QED) is 0.205. The van der Waals surface area contributed by atoms with Crippen LogP contribution in [-0.2, 0) is 9.59 Å². The molecule has 0 heterocycles. The lowest BCUT2D eigenvalue weighted by atomic mass is 10.00. The molecule has 0 unspecified atom stereocenters. The highest BCUT2D eigenvalue weighted by molar-refractivity contribution is 5.93. The lowest BCUT2D eigenvalue weighted by Crippen LogP contribution is -2.48. The number of carbonyl (C=O) groups excluding carboxylic acids is 2. The molecule has 25 heavy (non-hydrogen) atoms. The monoisotopic (exact) mass is 357 g/mol. The number of aliphatic imine (C=N–C) groups is 1. The Hall–Kier alpha value is -2.20. The molecule has 10 heteroatoms. The second kappa shape index (κ2) is 8.77. The Kier molecular flexibility index (Phi) is 7.31. The van der Waals surface area contributed by atoms with Gasteiger partial charge in [-0.2, -0.15) is 0 Å². The number of hydrazine groups is 1. The first-order valence-corrected chi connectivity index (χ1v) is 8.20. The van der Waals surface area contributed by atoms with Crippen LogP contribution in [-0.4, -0.2) is 75.5 Å². The summed E-state index contributed by atoms with van der Waals surface area (Å²) in [5.41, 5.74) is 0.288. The van der Waals surface area contributed by atoms with Gasteiger partial charge in [0.2, 0.25) is 5.91 Å². The predicted molar refractivity (Wildman–Crippen MR) is 90.6 cm³/mol. The fourth-order valence-corrected chi connectivity index (χ4v) is 3.08. The van der Waals surface area contributed by atoms with Crippen LogP contribution in [0.3, 0.4) is 0 Å². The summed E-state index contributed by atoms with van der Waals surface area (Å²) in [6.07, 6.45) is 0.982. The number of amides is 3. The van der Waals surface area contributed by atoms with Crippen molar-refractivity contribution in [1.29, 1.82) is 0 Å². The van der Waals surface area contributed by atoms with Crippen LogP contribution in [0, 0.1) is 5.92 Å². The van der Waals surface area contributed by atoms with E-state index in [1.54, 1.807) is 13.8 Å². The Morgan fingerprint density at radius 2 is 1.92 bits per heavy atom. The third kappa shape index (κ3) is 4.89. The summed E-state index contributed by atoms with van der Waals surface area (Å²) in [7, 11) is 0. The number of carboxylic acid groups (broad SMARTS) is 1. The van der Waals surface area contributed by atoms with Crippen LogP contribution in [0.1, 0.15) is 33.6 Å². The third-order valence-corrected chi connectivity index (χ3v) is 4.49. The number of carboxylic acids is 1. The van der Waals surface area contributed by atoms with E-state index in [-0.39, 0.29) is 19.4 Å². The van der Waals surface area contributed by atoms with Gasteiger partial charge in [-0.15, -0.1) is 0 Å². The topological polar surface area (TPSA) is 149 Å². The second-order valence-corrected chi connectivity index (χ2v) is 6.10. The summed E-state index contributed by atoms with van der Waals surface area (Å²) in [4.78, 5) is 42.5. The molecule has 142 valence electrons. The molecule has 0 aromatic heterocycles. The van der Waals surface area contributed by atoms with Crippen molar-refractivity contribution in [2.24, 2.45) is 16.8 Å². The number of nitrogens with two attached hydrogens (primary N) is 1. The van der Waals surface area contributed by atoms with E-state index in [0.717, 1.165) is 4.90 Å². The molecule has 5 N–H and O–H groups in total. The molecule has 0 aromatic carbocycles. The number of aliphatic carboxylic acids is 1. The van der Waals surface area contributed by atoms with Crippen LogP contribution in [0.2, 0.25) is 0 Å². The lowest BCUT2D eigenvalue weighted by molar-refractivity contribution is -0.158. The second-order valence-electron chi connectivity index (χ2n) is 6.10. The molecule has 0 spiro atoms. The minimum Gasteiger partial charge on any atom is -0.479 e. The minimum atomic E-state index is -1.94. The van der Waals surface area contributed by atoms with Gasteiger partial charge in [0.1, 0.15) is 0 Å². The Morgan fingerprint density at radius 3 is 2.36 bits per heavy atom. The van der Waals surface area contributed by atoms with Crippen molar-refractivity contribution in [3.05, 3.63) is 0 Å². The highest BCUT2D eigenvalue weighted by Crippen LogP contribution is 2.37. The van der Waals surface area contributed by atoms with E-state index in [0.29, 0.717) is 13.1 Å². The number of carbonyl (C=O) groups is 3. The molecule has 1 aliphatic carbocycles. The molecule has 0 bridgehead atoms. The molecule has 1 fully saturated rings. The molecule has 0 radical (unpaired) electrons. The van der Waals surface area contributed by atoms with Crippen molar-refractivity contribution < 1.29 is 24.6 Å². The first-order valence-electron chi connectivity index (χ1n) is 8.20. The smallest absolute Gasteiger partial charge is 0.335 e. The van der Waals surface area contributed by atoms with Crippen LogP contribution in [0.4, 0.5) is 4.79 Å². The van der Waals surface area contributed by atoms with Gasteiger partial charge in [-0.1, -0.05) is 0 Å². The van der Waals surface area contributed by atoms with E-state index < -0.39 is 35.5 Å². The molecule has 0 aliphatic heterocycles. The maximum absolute atomic E-state index is 12.5. The molecule has 3 amide bonds. The zero-order valence-electron chi connectivity index (χ0n) is 14.8. The zero-order chi connectivity index (χ0) is 19.2. The summed E-state index contributed by atoms with van der Waals surface area (Å²) < 4.78 is 0. The van der Waals surface area contributed by atoms with Crippen LogP contribution in [0.15, 0.2) is 4.99 Å². The SMILES string of the molecule is CCN(CC)C(=O)N(C[C@H]1C[C@@](O)(C(=O)O)C[C@@H]1N=CNN)C(C)=O. The maximum Gasteiger partial charge on any atom is 0.335 e. The summed E-state index contributed by atoms with van der Waals surface area (Å²) >= 11 is 0. The van der Waals surface area contributed by atoms with Crippen LogP contribution >= 0.6 is 0 Å². The van der Waals surface area contributed by atoms with Crippen LogP contribution in [0.25, 0.3) is 0 Å². The van der Waals surface area contributed by atoms with Gasteiger partial charge in [0.25, 0.3) is 0 Å². The van der Waals surface area contributed by atoms with Crippen LogP contribution < -0.4 is 11.3 Å². The highest BCUT2D eigenvalue weighted by Gasteiger charge is 2.50. The molecule has 1 rings (SSSR count). The fourth-order valence-electron chi connectivity index (χ4n) is 3.08. The molecule has 10 nitrogen and oxygen atoms in total. The van der Waals surface area contributed by atoms with Gasteiger partial charge >= 0.3 is 12.0 Å². The van der Waals surface area contributed by atoms with E-state index in [1.165, 1.54) is 18.2 Å². The molecule has 1 saturated carbocycles. The summed E-state index contributed by atoms with van der Waals surface area (Å²) in [5, 5.41) is 19.5. The third-order valence-electron chi connectivity index (χ3n) is 4.49. The Balaban J connectivity index is 3.03. The normalized spacial score (nSPS) is 25.8. The minimum absolute atomic E-state index is 0.0210. The Bertz CT molecular complexity index is 536. The average Bonchev–Trinajstić information content (AvgIpc) is 2.88. The number of imide groups is 1. The van der Waals surface area contributed by atoms with Gasteiger partial charge in [-0.25, -0.2) is 15.4 Å². The van der Waals surface area contributed by atoms with Crippen molar-refractivity contribution >= 4 is 24.2 Å². The van der Waals surface area contributed by atoms with Crippen molar-refractivity contribution in [3.8, 4) is 0 Å². The van der Waals surface area contributed by atoms with Crippen molar-refractivity contribution in [1.82, 2.24) is 15.2 Å². The molecule has 0 saturated heterocycles. The number of aliphatic hydroxyl groups is 1. The van der Waals surface area contributed by atoms with Crippen molar-refractivity contribution in [3.63, 3.8) is 0 Å². The number of urea groups is 1. The molecule has 1 aliphatic rings. The largest absolute Gasteiger partial charge is 0.479 e. The fraction of sp³-hybridized carbons (Fsp3) is 0.733.